The summed E-state index contributed by atoms with van der Waals surface area (Å²) >= 11 is 0. The van der Waals surface area contributed by atoms with Gasteiger partial charge in [0.2, 0.25) is 11.8 Å². The summed E-state index contributed by atoms with van der Waals surface area (Å²) in [6.07, 6.45) is 0.871. The van der Waals surface area contributed by atoms with E-state index in [0.29, 0.717) is 12.8 Å². The van der Waals surface area contributed by atoms with Gasteiger partial charge in [0.05, 0.1) is 11.3 Å². The molecule has 2 unspecified atom stereocenters. The molecule has 3 rings (SSSR count). The molecule has 2 atom stereocenters. The molecule has 0 bridgehead atoms. The molecular weight excluding hydrogens is 380 g/mol. The van der Waals surface area contributed by atoms with E-state index in [0.717, 1.165) is 11.1 Å². The minimum Gasteiger partial charge on any atom is -0.481 e. The Labute approximate surface area is 176 Å². The minimum atomic E-state index is -0.990. The van der Waals surface area contributed by atoms with E-state index in [1.54, 1.807) is 20.8 Å². The fourth-order valence-electron chi connectivity index (χ4n) is 4.41. The highest BCUT2D eigenvalue weighted by atomic mass is 16.4. The number of nitrogens with one attached hydrogen (secondary N) is 2. The third kappa shape index (κ3) is 3.82. The second kappa shape index (κ2) is 8.30. The van der Waals surface area contributed by atoms with Crippen molar-refractivity contribution in [3.8, 4) is 0 Å². The van der Waals surface area contributed by atoms with Crippen molar-refractivity contribution in [2.24, 2.45) is 16.7 Å². The fourth-order valence-corrected chi connectivity index (χ4v) is 4.41. The van der Waals surface area contributed by atoms with E-state index >= 15 is 0 Å². The van der Waals surface area contributed by atoms with Gasteiger partial charge < -0.3 is 5.11 Å². The fraction of sp³-hybridized carbons (Fsp3) is 0.375. The average Bonchev–Trinajstić information content (AvgIpc) is 2.98. The Balaban J connectivity index is 1.75. The van der Waals surface area contributed by atoms with Crippen molar-refractivity contribution in [2.45, 2.75) is 39.5 Å². The number of hydrogen-bond donors (Lipinski definition) is 3. The first-order valence-corrected chi connectivity index (χ1v) is 10.1. The summed E-state index contributed by atoms with van der Waals surface area (Å²) in [5.41, 5.74) is 5.01. The van der Waals surface area contributed by atoms with Crippen LogP contribution >= 0.6 is 0 Å². The third-order valence-corrected chi connectivity index (χ3v) is 6.85. The number of amides is 2. The topological polar surface area (TPSA) is 95.5 Å². The number of hydrazine groups is 1. The molecule has 30 heavy (non-hydrogen) atoms. The lowest BCUT2D eigenvalue weighted by molar-refractivity contribution is -0.155. The lowest BCUT2D eigenvalue weighted by Gasteiger charge is -2.37. The molecule has 158 valence electrons. The molecule has 0 heterocycles. The quantitative estimate of drug-likeness (QED) is 0.660. The number of carbonyl (C=O) groups is 3. The predicted octanol–water partition coefficient (Wildman–Crippen LogP) is 3.49. The van der Waals surface area contributed by atoms with E-state index in [9.17, 15) is 19.5 Å². The van der Waals surface area contributed by atoms with Gasteiger partial charge in [-0.15, -0.1) is 0 Å². The maximum absolute atomic E-state index is 13.0. The first kappa shape index (κ1) is 21.6. The van der Waals surface area contributed by atoms with Crippen LogP contribution in [0.15, 0.2) is 60.7 Å². The summed E-state index contributed by atoms with van der Waals surface area (Å²) in [6, 6.07) is 18.7. The number of benzene rings is 2. The summed E-state index contributed by atoms with van der Waals surface area (Å²) in [6.45, 7) is 5.29. The van der Waals surface area contributed by atoms with Crippen LogP contribution in [0.3, 0.4) is 0 Å². The predicted molar refractivity (Wildman–Crippen MR) is 113 cm³/mol. The highest BCUT2D eigenvalue weighted by Gasteiger charge is 2.58. The van der Waals surface area contributed by atoms with Crippen LogP contribution in [0, 0.1) is 16.7 Å². The van der Waals surface area contributed by atoms with Crippen LogP contribution in [-0.4, -0.2) is 22.9 Å². The number of aliphatic carboxylic acids is 1. The van der Waals surface area contributed by atoms with Gasteiger partial charge in [-0.05, 0) is 36.3 Å². The van der Waals surface area contributed by atoms with Crippen molar-refractivity contribution in [2.75, 3.05) is 0 Å². The molecule has 1 aliphatic rings. The van der Waals surface area contributed by atoms with E-state index in [-0.39, 0.29) is 11.8 Å². The smallest absolute Gasteiger partial charge is 0.309 e. The van der Waals surface area contributed by atoms with Gasteiger partial charge in [0.25, 0.3) is 0 Å². The summed E-state index contributed by atoms with van der Waals surface area (Å²) in [7, 11) is 0. The minimum absolute atomic E-state index is 0.349. The second-order valence-electron chi connectivity index (χ2n) is 8.68. The number of carboxylic acids is 1. The second-order valence-corrected chi connectivity index (χ2v) is 8.68. The van der Waals surface area contributed by atoms with Gasteiger partial charge in [0.1, 0.15) is 0 Å². The highest BCUT2D eigenvalue weighted by Crippen LogP contribution is 2.56. The van der Waals surface area contributed by atoms with E-state index in [1.165, 1.54) is 0 Å². The summed E-state index contributed by atoms with van der Waals surface area (Å²) in [5.74, 6) is -2.70. The van der Waals surface area contributed by atoms with E-state index in [1.807, 2.05) is 60.7 Å². The maximum atomic E-state index is 13.0. The number of hydrogen-bond acceptors (Lipinski definition) is 3. The normalized spacial score (nSPS) is 22.5. The summed E-state index contributed by atoms with van der Waals surface area (Å²) in [4.78, 5) is 37.7. The Hall–Kier alpha value is -3.15. The Morgan fingerprint density at radius 1 is 0.900 bits per heavy atom. The molecule has 0 radical (unpaired) electrons. The molecule has 1 saturated carbocycles. The Bertz CT molecular complexity index is 887. The van der Waals surface area contributed by atoms with Gasteiger partial charge >= 0.3 is 5.97 Å². The van der Waals surface area contributed by atoms with Crippen LogP contribution in [0.5, 0.6) is 0 Å². The van der Waals surface area contributed by atoms with Gasteiger partial charge in [-0.2, -0.15) is 0 Å². The number of carboxylic acid groups (broad SMARTS) is 1. The Kier molecular flexibility index (Phi) is 5.97. The van der Waals surface area contributed by atoms with Gasteiger partial charge in [-0.1, -0.05) is 74.5 Å². The van der Waals surface area contributed by atoms with Crippen LogP contribution in [0.25, 0.3) is 0 Å². The zero-order valence-corrected chi connectivity index (χ0v) is 17.5. The lowest BCUT2D eigenvalue weighted by Crippen LogP contribution is -2.50. The van der Waals surface area contributed by atoms with Crippen molar-refractivity contribution >= 4 is 17.8 Å². The molecule has 0 saturated heterocycles. The maximum Gasteiger partial charge on any atom is 0.309 e. The van der Waals surface area contributed by atoms with Gasteiger partial charge in [0, 0.05) is 5.92 Å². The first-order chi connectivity index (χ1) is 14.2. The zero-order valence-electron chi connectivity index (χ0n) is 17.5. The standard InChI is InChI=1S/C24H28N2O4/c1-23(2)18(14-15-24(23,3)22(29)30)20(27)25-26-21(28)19(16-10-6-4-7-11-16)17-12-8-5-9-13-17/h4-13,18-19H,14-15H2,1-3H3,(H,25,27)(H,26,28)(H,29,30). The molecule has 1 fully saturated rings. The molecule has 0 spiro atoms. The van der Waals surface area contributed by atoms with Gasteiger partial charge in [-0.3, -0.25) is 25.2 Å². The van der Waals surface area contributed by atoms with E-state index < -0.39 is 28.6 Å². The van der Waals surface area contributed by atoms with E-state index in [4.69, 9.17) is 0 Å². The largest absolute Gasteiger partial charge is 0.481 e. The zero-order chi connectivity index (χ0) is 21.9. The molecular formula is C24H28N2O4. The van der Waals surface area contributed by atoms with Crippen LogP contribution in [0.1, 0.15) is 50.7 Å². The van der Waals surface area contributed by atoms with Crippen molar-refractivity contribution < 1.29 is 19.5 Å². The number of carbonyl (C=O) groups excluding carboxylic acids is 2. The van der Waals surface area contributed by atoms with Crippen molar-refractivity contribution in [1.29, 1.82) is 0 Å². The molecule has 1 aliphatic carbocycles. The van der Waals surface area contributed by atoms with Crippen LogP contribution < -0.4 is 10.9 Å². The molecule has 2 aromatic rings. The third-order valence-electron chi connectivity index (χ3n) is 6.85. The van der Waals surface area contributed by atoms with Gasteiger partial charge in [0.15, 0.2) is 0 Å². The average molecular weight is 408 g/mol. The summed E-state index contributed by atoms with van der Waals surface area (Å²) in [5, 5.41) is 9.65. The molecule has 6 nitrogen and oxygen atoms in total. The molecule has 2 amide bonds. The van der Waals surface area contributed by atoms with E-state index in [2.05, 4.69) is 10.9 Å². The Morgan fingerprint density at radius 2 is 1.40 bits per heavy atom. The van der Waals surface area contributed by atoms with Crippen molar-refractivity contribution in [3.05, 3.63) is 71.8 Å². The first-order valence-electron chi connectivity index (χ1n) is 10.1. The lowest BCUT2D eigenvalue weighted by atomic mass is 9.65. The summed E-state index contributed by atoms with van der Waals surface area (Å²) < 4.78 is 0. The monoisotopic (exact) mass is 408 g/mol. The highest BCUT2D eigenvalue weighted by molar-refractivity contribution is 5.90. The SMILES string of the molecule is CC1(C(=O)O)CCC(C(=O)NNC(=O)C(c2ccccc2)c2ccccc2)C1(C)C. The van der Waals surface area contributed by atoms with Crippen LogP contribution in [-0.2, 0) is 14.4 Å². The van der Waals surface area contributed by atoms with Crippen molar-refractivity contribution in [3.63, 3.8) is 0 Å². The molecule has 3 N–H and O–H groups in total. The molecule has 0 aromatic heterocycles. The van der Waals surface area contributed by atoms with Crippen LogP contribution in [0.4, 0.5) is 0 Å². The molecule has 6 heteroatoms. The van der Waals surface area contributed by atoms with Gasteiger partial charge in [-0.25, -0.2) is 0 Å². The number of rotatable bonds is 5. The molecule has 2 aromatic carbocycles. The van der Waals surface area contributed by atoms with Crippen molar-refractivity contribution in [1.82, 2.24) is 10.9 Å². The van der Waals surface area contributed by atoms with Crippen LogP contribution in [0.2, 0.25) is 0 Å². The Morgan fingerprint density at radius 3 is 1.83 bits per heavy atom. The molecule has 0 aliphatic heterocycles.